The number of hydrogen-bond acceptors (Lipinski definition) is 3. The van der Waals surface area contributed by atoms with Gasteiger partial charge in [0.2, 0.25) is 10.0 Å². The van der Waals surface area contributed by atoms with Crippen LogP contribution in [0.3, 0.4) is 0 Å². The molecule has 6 heteroatoms. The van der Waals surface area contributed by atoms with Crippen molar-refractivity contribution in [2.24, 2.45) is 0 Å². The van der Waals surface area contributed by atoms with Crippen molar-refractivity contribution < 1.29 is 13.2 Å². The molecule has 0 saturated carbocycles. The molecule has 18 heavy (non-hydrogen) atoms. The summed E-state index contributed by atoms with van der Waals surface area (Å²) in [4.78, 5) is 0.124. The van der Waals surface area contributed by atoms with Gasteiger partial charge < -0.3 is 4.74 Å². The van der Waals surface area contributed by atoms with Crippen LogP contribution in [0, 0.1) is 0 Å². The Hall–Kier alpha value is -0.620. The van der Waals surface area contributed by atoms with Crippen LogP contribution in [0.1, 0.15) is 19.3 Å². The van der Waals surface area contributed by atoms with Gasteiger partial charge in [-0.05, 0) is 31.4 Å². The Morgan fingerprint density at radius 1 is 1.39 bits per heavy atom. The number of halogens is 1. The molecule has 0 aromatic heterocycles. The van der Waals surface area contributed by atoms with Crippen LogP contribution in [0.5, 0.6) is 0 Å². The van der Waals surface area contributed by atoms with E-state index >= 15 is 0 Å². The molecule has 0 aliphatic carbocycles. The lowest BCUT2D eigenvalue weighted by Crippen LogP contribution is -2.27. The SMILES string of the molecule is O=S(=O)(NCCC1CCCO1)c1ccccc1Cl. The Morgan fingerprint density at radius 3 is 2.83 bits per heavy atom. The number of hydrogen-bond donors (Lipinski definition) is 1. The quantitative estimate of drug-likeness (QED) is 0.904. The van der Waals surface area contributed by atoms with E-state index in [-0.39, 0.29) is 16.0 Å². The number of sulfonamides is 1. The van der Waals surface area contributed by atoms with Crippen molar-refractivity contribution in [2.75, 3.05) is 13.2 Å². The molecule has 1 aromatic carbocycles. The summed E-state index contributed by atoms with van der Waals surface area (Å²) in [5.41, 5.74) is 0. The van der Waals surface area contributed by atoms with Gasteiger partial charge in [-0.15, -0.1) is 0 Å². The molecule has 1 aliphatic heterocycles. The largest absolute Gasteiger partial charge is 0.378 e. The maximum atomic E-state index is 12.0. The maximum Gasteiger partial charge on any atom is 0.242 e. The summed E-state index contributed by atoms with van der Waals surface area (Å²) in [6.07, 6.45) is 2.94. The lowest BCUT2D eigenvalue weighted by atomic mass is 10.2. The molecule has 1 aromatic rings. The van der Waals surface area contributed by atoms with Gasteiger partial charge in [-0.1, -0.05) is 23.7 Å². The van der Waals surface area contributed by atoms with Gasteiger partial charge in [-0.2, -0.15) is 0 Å². The Morgan fingerprint density at radius 2 is 2.17 bits per heavy atom. The van der Waals surface area contributed by atoms with E-state index in [1.165, 1.54) is 6.07 Å². The van der Waals surface area contributed by atoms with E-state index in [0.29, 0.717) is 13.0 Å². The van der Waals surface area contributed by atoms with Crippen molar-refractivity contribution in [3.8, 4) is 0 Å². The molecule has 100 valence electrons. The summed E-state index contributed by atoms with van der Waals surface area (Å²) in [5.74, 6) is 0. The Bertz CT molecular complexity index is 498. The highest BCUT2D eigenvalue weighted by molar-refractivity contribution is 7.89. The number of rotatable bonds is 5. The molecule has 1 atom stereocenters. The highest BCUT2D eigenvalue weighted by Gasteiger charge is 2.19. The van der Waals surface area contributed by atoms with Crippen molar-refractivity contribution in [1.82, 2.24) is 4.72 Å². The first-order valence-corrected chi connectivity index (χ1v) is 7.81. The van der Waals surface area contributed by atoms with Crippen LogP contribution in [0.25, 0.3) is 0 Å². The van der Waals surface area contributed by atoms with Crippen molar-refractivity contribution in [2.45, 2.75) is 30.3 Å². The molecule has 0 radical (unpaired) electrons. The zero-order valence-corrected chi connectivity index (χ0v) is 11.5. The first-order chi connectivity index (χ1) is 8.59. The van der Waals surface area contributed by atoms with Gasteiger partial charge in [0.05, 0.1) is 11.1 Å². The second-order valence-corrected chi connectivity index (χ2v) is 6.39. The smallest absolute Gasteiger partial charge is 0.242 e. The number of ether oxygens (including phenoxy) is 1. The van der Waals surface area contributed by atoms with Gasteiger partial charge in [0, 0.05) is 13.2 Å². The topological polar surface area (TPSA) is 55.4 Å². The molecule has 1 heterocycles. The molecule has 4 nitrogen and oxygen atoms in total. The second kappa shape index (κ2) is 6.02. The van der Waals surface area contributed by atoms with Crippen molar-refractivity contribution in [1.29, 1.82) is 0 Å². The number of nitrogens with one attached hydrogen (secondary N) is 1. The van der Waals surface area contributed by atoms with E-state index in [0.717, 1.165) is 19.4 Å². The van der Waals surface area contributed by atoms with Gasteiger partial charge in [0.15, 0.2) is 0 Å². The minimum absolute atomic E-state index is 0.124. The third kappa shape index (κ3) is 3.45. The molecule has 0 spiro atoms. The monoisotopic (exact) mass is 289 g/mol. The first kappa shape index (κ1) is 13.8. The Kier molecular flexibility index (Phi) is 4.61. The van der Waals surface area contributed by atoms with Gasteiger partial charge in [0.25, 0.3) is 0 Å². The van der Waals surface area contributed by atoms with Crippen LogP contribution in [-0.4, -0.2) is 27.7 Å². The molecular weight excluding hydrogens is 274 g/mol. The zero-order valence-electron chi connectivity index (χ0n) is 9.93. The van der Waals surface area contributed by atoms with Crippen LogP contribution >= 0.6 is 11.6 Å². The van der Waals surface area contributed by atoms with Crippen LogP contribution in [0.4, 0.5) is 0 Å². The van der Waals surface area contributed by atoms with Crippen molar-refractivity contribution >= 4 is 21.6 Å². The summed E-state index contributed by atoms with van der Waals surface area (Å²) in [7, 11) is -3.52. The van der Waals surface area contributed by atoms with E-state index < -0.39 is 10.0 Å². The highest BCUT2D eigenvalue weighted by atomic mass is 35.5. The van der Waals surface area contributed by atoms with Crippen molar-refractivity contribution in [3.05, 3.63) is 29.3 Å². The van der Waals surface area contributed by atoms with E-state index in [1.807, 2.05) is 0 Å². The molecule has 2 rings (SSSR count). The van der Waals surface area contributed by atoms with E-state index in [1.54, 1.807) is 18.2 Å². The van der Waals surface area contributed by atoms with Crippen LogP contribution < -0.4 is 4.72 Å². The first-order valence-electron chi connectivity index (χ1n) is 5.95. The summed E-state index contributed by atoms with van der Waals surface area (Å²) >= 11 is 5.87. The van der Waals surface area contributed by atoms with Gasteiger partial charge in [-0.3, -0.25) is 0 Å². The van der Waals surface area contributed by atoms with Crippen LogP contribution in [0.2, 0.25) is 5.02 Å². The molecule has 0 bridgehead atoms. The minimum Gasteiger partial charge on any atom is -0.378 e. The van der Waals surface area contributed by atoms with Crippen molar-refractivity contribution in [3.63, 3.8) is 0 Å². The fourth-order valence-corrected chi connectivity index (χ4v) is 3.53. The Labute approximate surface area is 112 Å². The standard InChI is InChI=1S/C12H16ClNO3S/c13-11-5-1-2-6-12(11)18(15,16)14-8-7-10-4-3-9-17-10/h1-2,5-6,10,14H,3-4,7-9H2. The third-order valence-electron chi connectivity index (χ3n) is 2.91. The summed E-state index contributed by atoms with van der Waals surface area (Å²) < 4.78 is 32.0. The molecule has 1 aliphatic rings. The molecular formula is C12H16ClNO3S. The van der Waals surface area contributed by atoms with Crippen LogP contribution in [0.15, 0.2) is 29.2 Å². The Balaban J connectivity index is 1.93. The fourth-order valence-electron chi connectivity index (χ4n) is 1.97. The third-order valence-corrected chi connectivity index (χ3v) is 4.87. The predicted octanol–water partition coefficient (Wildman–Crippen LogP) is 2.19. The summed E-state index contributed by atoms with van der Waals surface area (Å²) in [6, 6.07) is 6.42. The lowest BCUT2D eigenvalue weighted by Gasteiger charge is -2.11. The highest BCUT2D eigenvalue weighted by Crippen LogP contribution is 2.20. The molecule has 1 fully saturated rings. The van der Waals surface area contributed by atoms with Gasteiger partial charge >= 0.3 is 0 Å². The molecule has 1 N–H and O–H groups in total. The molecule has 0 amide bonds. The average molecular weight is 290 g/mol. The minimum atomic E-state index is -3.52. The number of benzene rings is 1. The molecule has 1 unspecified atom stereocenters. The zero-order chi connectivity index (χ0) is 13.0. The van der Waals surface area contributed by atoms with E-state index in [2.05, 4.69) is 4.72 Å². The average Bonchev–Trinajstić information content (AvgIpc) is 2.82. The second-order valence-electron chi connectivity index (χ2n) is 4.25. The molecule has 1 saturated heterocycles. The summed E-state index contributed by atoms with van der Waals surface area (Å²) in [5, 5.41) is 0.238. The fraction of sp³-hybridized carbons (Fsp3) is 0.500. The predicted molar refractivity (Wildman–Crippen MR) is 70.2 cm³/mol. The van der Waals surface area contributed by atoms with Gasteiger partial charge in [0.1, 0.15) is 4.90 Å². The normalized spacial score (nSPS) is 20.2. The van der Waals surface area contributed by atoms with Crippen LogP contribution in [-0.2, 0) is 14.8 Å². The van der Waals surface area contributed by atoms with Gasteiger partial charge in [-0.25, -0.2) is 13.1 Å². The summed E-state index contributed by atoms with van der Waals surface area (Å²) in [6.45, 7) is 1.15. The maximum absolute atomic E-state index is 12.0. The lowest BCUT2D eigenvalue weighted by molar-refractivity contribution is 0.105. The van der Waals surface area contributed by atoms with E-state index in [4.69, 9.17) is 16.3 Å². The van der Waals surface area contributed by atoms with E-state index in [9.17, 15) is 8.42 Å².